The quantitative estimate of drug-likeness (QED) is 0.436. The first-order valence-corrected chi connectivity index (χ1v) is 8.62. The van der Waals surface area contributed by atoms with Crippen LogP contribution in [0, 0.1) is 5.92 Å². The van der Waals surface area contributed by atoms with Crippen LogP contribution in [-0.2, 0) is 14.3 Å². The Morgan fingerprint density at radius 1 is 0.864 bits per heavy atom. The Bertz CT molecular complexity index is 305. The van der Waals surface area contributed by atoms with E-state index in [2.05, 4.69) is 12.2 Å². The number of esters is 1. The van der Waals surface area contributed by atoms with Crippen LogP contribution >= 0.6 is 0 Å². The van der Waals surface area contributed by atoms with Gasteiger partial charge in [-0.25, -0.2) is 9.59 Å². The molecule has 5 nitrogen and oxygen atoms in total. The topological polar surface area (TPSA) is 64.6 Å². The summed E-state index contributed by atoms with van der Waals surface area (Å²) in [7, 11) is 0. The van der Waals surface area contributed by atoms with Gasteiger partial charge < -0.3 is 14.8 Å². The van der Waals surface area contributed by atoms with Gasteiger partial charge in [0.05, 0.1) is 13.2 Å². The van der Waals surface area contributed by atoms with E-state index in [-0.39, 0.29) is 11.9 Å². The first-order chi connectivity index (χ1) is 10.5. The van der Waals surface area contributed by atoms with Crippen LogP contribution in [0.3, 0.4) is 0 Å². The number of hydrogen-bond acceptors (Lipinski definition) is 4. The average Bonchev–Trinajstić information content (AvgIpc) is 2.49. The van der Waals surface area contributed by atoms with Crippen molar-refractivity contribution < 1.29 is 19.1 Å². The van der Waals surface area contributed by atoms with Crippen LogP contribution in [0.25, 0.3) is 0 Å². The number of carbonyl (C=O) groups excluding carboxylic acids is 2. The normalized spacial score (nSPS) is 12.0. The summed E-state index contributed by atoms with van der Waals surface area (Å²) in [5.41, 5.74) is 0. The number of unbranched alkanes of at least 4 members (excludes halogenated alkanes) is 5. The summed E-state index contributed by atoms with van der Waals surface area (Å²) >= 11 is 0. The maximum absolute atomic E-state index is 12.0. The van der Waals surface area contributed by atoms with E-state index in [4.69, 9.17) is 9.47 Å². The van der Waals surface area contributed by atoms with Crippen LogP contribution in [0.1, 0.15) is 72.6 Å². The van der Waals surface area contributed by atoms with Gasteiger partial charge in [-0.05, 0) is 18.8 Å². The highest BCUT2D eigenvalue weighted by Crippen LogP contribution is 2.08. The minimum absolute atomic E-state index is 0.0359. The van der Waals surface area contributed by atoms with Gasteiger partial charge in [-0.2, -0.15) is 0 Å². The molecule has 0 fully saturated rings. The Morgan fingerprint density at radius 2 is 1.50 bits per heavy atom. The summed E-state index contributed by atoms with van der Waals surface area (Å²) < 4.78 is 10.2. The zero-order chi connectivity index (χ0) is 16.8. The standard InChI is InChI=1S/C17H33NO4/c1-5-7-8-9-10-11-13-21-16(19)15(14(3)4)18-17(20)22-12-6-2/h14-15H,5-13H2,1-4H3,(H,18,20)/t15-/m0/s1. The molecule has 0 unspecified atom stereocenters. The molecular formula is C17H33NO4. The second-order valence-electron chi connectivity index (χ2n) is 5.94. The van der Waals surface area contributed by atoms with Crippen LogP contribution in [0.5, 0.6) is 0 Å². The summed E-state index contributed by atoms with van der Waals surface area (Å²) in [6.07, 6.45) is 7.06. The van der Waals surface area contributed by atoms with Gasteiger partial charge in [0.1, 0.15) is 6.04 Å². The molecule has 5 heteroatoms. The third kappa shape index (κ3) is 10.5. The van der Waals surface area contributed by atoms with Crippen LogP contribution in [0.4, 0.5) is 4.79 Å². The Labute approximate surface area is 135 Å². The molecular weight excluding hydrogens is 282 g/mol. The number of hydrogen-bond donors (Lipinski definition) is 1. The number of alkyl carbamates (subject to hydrolysis) is 1. The summed E-state index contributed by atoms with van der Waals surface area (Å²) in [5, 5.41) is 2.58. The second-order valence-corrected chi connectivity index (χ2v) is 5.94. The largest absolute Gasteiger partial charge is 0.464 e. The summed E-state index contributed by atoms with van der Waals surface area (Å²) in [5.74, 6) is -0.414. The van der Waals surface area contributed by atoms with Gasteiger partial charge >= 0.3 is 12.1 Å². The van der Waals surface area contributed by atoms with Gasteiger partial charge in [0.25, 0.3) is 0 Å². The third-order valence-corrected chi connectivity index (χ3v) is 3.37. The number of nitrogens with one attached hydrogen (secondary N) is 1. The first kappa shape index (κ1) is 20.7. The molecule has 130 valence electrons. The van der Waals surface area contributed by atoms with Gasteiger partial charge in [0.2, 0.25) is 0 Å². The lowest BCUT2D eigenvalue weighted by Crippen LogP contribution is -2.45. The lowest BCUT2D eigenvalue weighted by atomic mass is 10.1. The fourth-order valence-corrected chi connectivity index (χ4v) is 2.01. The Balaban J connectivity index is 3.97. The molecule has 0 aromatic rings. The highest BCUT2D eigenvalue weighted by atomic mass is 16.6. The van der Waals surface area contributed by atoms with Gasteiger partial charge in [-0.1, -0.05) is 59.8 Å². The Morgan fingerprint density at radius 3 is 2.09 bits per heavy atom. The van der Waals surface area contributed by atoms with E-state index in [9.17, 15) is 9.59 Å². The lowest BCUT2D eigenvalue weighted by molar-refractivity contribution is -0.147. The number of carbonyl (C=O) groups is 2. The lowest BCUT2D eigenvalue weighted by Gasteiger charge is -2.20. The van der Waals surface area contributed by atoms with E-state index in [1.54, 1.807) is 0 Å². The van der Waals surface area contributed by atoms with Crippen molar-refractivity contribution in [2.75, 3.05) is 13.2 Å². The molecule has 0 aliphatic heterocycles. The molecule has 0 heterocycles. The van der Waals surface area contributed by atoms with Crippen molar-refractivity contribution in [3.63, 3.8) is 0 Å². The van der Waals surface area contributed by atoms with Gasteiger partial charge in [-0.3, -0.25) is 0 Å². The Hall–Kier alpha value is -1.26. The van der Waals surface area contributed by atoms with E-state index in [0.29, 0.717) is 13.2 Å². The maximum atomic E-state index is 12.0. The SMILES string of the molecule is CCCCCCCCOC(=O)[C@@H](NC(=O)OCCC)C(C)C. The number of amides is 1. The maximum Gasteiger partial charge on any atom is 0.407 e. The van der Waals surface area contributed by atoms with Crippen molar-refractivity contribution in [1.82, 2.24) is 5.32 Å². The van der Waals surface area contributed by atoms with Crippen LogP contribution in [0.2, 0.25) is 0 Å². The number of ether oxygens (including phenoxy) is 2. The fourth-order valence-electron chi connectivity index (χ4n) is 2.01. The minimum Gasteiger partial charge on any atom is -0.464 e. The van der Waals surface area contributed by atoms with E-state index < -0.39 is 12.1 Å². The van der Waals surface area contributed by atoms with Crippen LogP contribution < -0.4 is 5.32 Å². The molecule has 0 aromatic carbocycles. The molecule has 0 aliphatic carbocycles. The molecule has 0 rings (SSSR count). The van der Waals surface area contributed by atoms with Crippen molar-refractivity contribution in [2.45, 2.75) is 78.7 Å². The highest BCUT2D eigenvalue weighted by Gasteiger charge is 2.26. The van der Waals surface area contributed by atoms with Crippen molar-refractivity contribution in [3.8, 4) is 0 Å². The summed E-state index contributed by atoms with van der Waals surface area (Å²) in [6, 6.07) is -0.649. The predicted molar refractivity (Wildman–Crippen MR) is 87.7 cm³/mol. The van der Waals surface area contributed by atoms with Crippen LogP contribution in [0.15, 0.2) is 0 Å². The van der Waals surface area contributed by atoms with Crippen molar-refractivity contribution >= 4 is 12.1 Å². The molecule has 0 spiro atoms. The van der Waals surface area contributed by atoms with E-state index in [0.717, 1.165) is 19.3 Å². The summed E-state index contributed by atoms with van der Waals surface area (Å²) in [4.78, 5) is 23.6. The minimum atomic E-state index is -0.649. The van der Waals surface area contributed by atoms with Crippen molar-refractivity contribution in [1.29, 1.82) is 0 Å². The second kappa shape index (κ2) is 13.4. The zero-order valence-electron chi connectivity index (χ0n) is 14.7. The molecule has 1 atom stereocenters. The average molecular weight is 315 g/mol. The molecule has 0 aromatic heterocycles. The van der Waals surface area contributed by atoms with E-state index in [1.165, 1.54) is 25.7 Å². The molecule has 0 saturated carbocycles. The Kier molecular flexibility index (Phi) is 12.6. The van der Waals surface area contributed by atoms with Crippen molar-refractivity contribution in [2.24, 2.45) is 5.92 Å². The third-order valence-electron chi connectivity index (χ3n) is 3.37. The monoisotopic (exact) mass is 315 g/mol. The molecule has 0 saturated heterocycles. The van der Waals surface area contributed by atoms with Gasteiger partial charge in [0.15, 0.2) is 0 Å². The molecule has 22 heavy (non-hydrogen) atoms. The summed E-state index contributed by atoms with van der Waals surface area (Å²) in [6.45, 7) is 8.62. The molecule has 0 radical (unpaired) electrons. The van der Waals surface area contributed by atoms with E-state index in [1.807, 2.05) is 20.8 Å². The molecule has 0 bridgehead atoms. The van der Waals surface area contributed by atoms with Gasteiger partial charge in [-0.15, -0.1) is 0 Å². The number of rotatable bonds is 12. The predicted octanol–water partition coefficient (Wildman–Crippen LogP) is 4.05. The van der Waals surface area contributed by atoms with Crippen LogP contribution in [-0.4, -0.2) is 31.3 Å². The smallest absolute Gasteiger partial charge is 0.407 e. The van der Waals surface area contributed by atoms with Gasteiger partial charge in [0, 0.05) is 0 Å². The highest BCUT2D eigenvalue weighted by molar-refractivity contribution is 5.81. The van der Waals surface area contributed by atoms with Crippen molar-refractivity contribution in [3.05, 3.63) is 0 Å². The molecule has 1 amide bonds. The molecule has 0 aliphatic rings. The zero-order valence-corrected chi connectivity index (χ0v) is 14.7. The van der Waals surface area contributed by atoms with E-state index >= 15 is 0 Å². The molecule has 1 N–H and O–H groups in total. The first-order valence-electron chi connectivity index (χ1n) is 8.62. The fraction of sp³-hybridized carbons (Fsp3) is 0.882.